The van der Waals surface area contributed by atoms with Crippen LogP contribution < -0.4 is 0 Å². The highest BCUT2D eigenvalue weighted by atomic mass is 79.9. The highest BCUT2D eigenvalue weighted by molar-refractivity contribution is 9.09. The number of hydrogen-bond donors (Lipinski definition) is 0. The molecule has 1 aliphatic carbocycles. The van der Waals surface area contributed by atoms with Gasteiger partial charge in [0.05, 0.1) is 0 Å². The average molecular weight is 309 g/mol. The van der Waals surface area contributed by atoms with Gasteiger partial charge in [-0.2, -0.15) is 0 Å². The third-order valence-corrected chi connectivity index (χ3v) is 5.22. The third kappa shape index (κ3) is 3.38. The van der Waals surface area contributed by atoms with Crippen LogP contribution in [0.5, 0.6) is 0 Å². The molecule has 0 radical (unpaired) electrons. The van der Waals surface area contributed by atoms with Crippen LogP contribution >= 0.6 is 15.9 Å². The van der Waals surface area contributed by atoms with E-state index in [1.165, 1.54) is 43.2 Å². The molecule has 0 N–H and O–H groups in total. The number of rotatable bonds is 5. The van der Waals surface area contributed by atoms with Crippen LogP contribution in [0.2, 0.25) is 0 Å². The zero-order valence-electron chi connectivity index (χ0n) is 11.7. The highest BCUT2D eigenvalue weighted by Crippen LogP contribution is 2.38. The normalized spacial score (nSPS) is 18.2. The van der Waals surface area contributed by atoms with Crippen molar-refractivity contribution in [1.82, 2.24) is 0 Å². The Labute approximate surface area is 120 Å². The largest absolute Gasteiger partial charge is 0.0839 e. The van der Waals surface area contributed by atoms with Crippen LogP contribution in [0.25, 0.3) is 0 Å². The molecular weight excluding hydrogens is 284 g/mol. The van der Waals surface area contributed by atoms with Crippen molar-refractivity contribution >= 4 is 15.9 Å². The van der Waals surface area contributed by atoms with Gasteiger partial charge >= 0.3 is 0 Å². The molecule has 2 rings (SSSR count). The first-order chi connectivity index (χ1) is 8.74. The van der Waals surface area contributed by atoms with Crippen molar-refractivity contribution in [3.63, 3.8) is 0 Å². The van der Waals surface area contributed by atoms with E-state index < -0.39 is 0 Å². The van der Waals surface area contributed by atoms with Crippen molar-refractivity contribution in [2.24, 2.45) is 5.92 Å². The second kappa shape index (κ2) is 6.75. The lowest BCUT2D eigenvalue weighted by atomic mass is 9.93. The average Bonchev–Trinajstić information content (AvgIpc) is 2.90. The number of aryl methyl sites for hydroxylation is 2. The summed E-state index contributed by atoms with van der Waals surface area (Å²) in [6, 6.07) is 7.04. The summed E-state index contributed by atoms with van der Waals surface area (Å²) < 4.78 is 0. The Morgan fingerprint density at radius 3 is 2.50 bits per heavy atom. The van der Waals surface area contributed by atoms with E-state index >= 15 is 0 Å². The van der Waals surface area contributed by atoms with E-state index in [0.717, 1.165) is 18.8 Å². The summed E-state index contributed by atoms with van der Waals surface area (Å²) in [5.41, 5.74) is 4.54. The molecule has 100 valence electrons. The van der Waals surface area contributed by atoms with Crippen molar-refractivity contribution in [2.75, 3.05) is 0 Å². The van der Waals surface area contributed by atoms with Crippen molar-refractivity contribution < 1.29 is 0 Å². The van der Waals surface area contributed by atoms with Crippen LogP contribution in [-0.2, 0) is 12.8 Å². The quantitative estimate of drug-likeness (QED) is 0.600. The lowest BCUT2D eigenvalue weighted by Gasteiger charge is -2.19. The summed E-state index contributed by atoms with van der Waals surface area (Å²) in [6.45, 7) is 4.50. The SMILES string of the molecule is CCc1ccc(CC)c(C(Br)CC2CCCC2)c1. The maximum atomic E-state index is 3.95. The van der Waals surface area contributed by atoms with Gasteiger partial charge in [0, 0.05) is 4.83 Å². The minimum Gasteiger partial charge on any atom is -0.0839 e. The van der Waals surface area contributed by atoms with E-state index in [-0.39, 0.29) is 0 Å². The molecule has 0 saturated heterocycles. The summed E-state index contributed by atoms with van der Waals surface area (Å²) in [7, 11) is 0. The summed E-state index contributed by atoms with van der Waals surface area (Å²) in [5, 5.41) is 0. The van der Waals surface area contributed by atoms with Gasteiger partial charge in [0.25, 0.3) is 0 Å². The highest BCUT2D eigenvalue weighted by Gasteiger charge is 2.21. The zero-order chi connectivity index (χ0) is 13.0. The molecule has 0 nitrogen and oxygen atoms in total. The molecule has 18 heavy (non-hydrogen) atoms. The van der Waals surface area contributed by atoms with Gasteiger partial charge in [0.2, 0.25) is 0 Å². The van der Waals surface area contributed by atoms with Gasteiger partial charge < -0.3 is 0 Å². The molecule has 0 aromatic heterocycles. The zero-order valence-corrected chi connectivity index (χ0v) is 13.3. The second-order valence-corrected chi connectivity index (χ2v) is 6.70. The van der Waals surface area contributed by atoms with Crippen LogP contribution in [-0.4, -0.2) is 0 Å². The molecule has 1 aromatic rings. The standard InChI is InChI=1S/C17H25Br/c1-3-13-9-10-15(4-2)16(11-13)17(18)12-14-7-5-6-8-14/h9-11,14,17H,3-8,12H2,1-2H3. The summed E-state index contributed by atoms with van der Waals surface area (Å²) in [6.07, 6.45) is 9.38. The molecule has 1 fully saturated rings. The minimum atomic E-state index is 0.557. The van der Waals surface area contributed by atoms with Gasteiger partial charge in [-0.25, -0.2) is 0 Å². The molecule has 0 heterocycles. The van der Waals surface area contributed by atoms with E-state index in [4.69, 9.17) is 0 Å². The predicted molar refractivity (Wildman–Crippen MR) is 83.4 cm³/mol. The van der Waals surface area contributed by atoms with Gasteiger partial charge in [-0.05, 0) is 41.9 Å². The maximum absolute atomic E-state index is 3.95. The predicted octanol–water partition coefficient (Wildman–Crippen LogP) is 5.83. The number of alkyl halides is 1. The fourth-order valence-electron chi connectivity index (χ4n) is 3.14. The van der Waals surface area contributed by atoms with Crippen molar-refractivity contribution in [3.05, 3.63) is 34.9 Å². The third-order valence-electron chi connectivity index (χ3n) is 4.35. The van der Waals surface area contributed by atoms with Gasteiger partial charge in [0.1, 0.15) is 0 Å². The summed E-state index contributed by atoms with van der Waals surface area (Å²) in [4.78, 5) is 0.557. The second-order valence-electron chi connectivity index (χ2n) is 5.59. The van der Waals surface area contributed by atoms with Crippen LogP contribution in [0.4, 0.5) is 0 Å². The Kier molecular flexibility index (Phi) is 5.29. The first kappa shape index (κ1) is 14.1. The maximum Gasteiger partial charge on any atom is 0.0400 e. The lowest BCUT2D eigenvalue weighted by Crippen LogP contribution is -2.03. The van der Waals surface area contributed by atoms with Gasteiger partial charge in [-0.3, -0.25) is 0 Å². The first-order valence-electron chi connectivity index (χ1n) is 7.50. The van der Waals surface area contributed by atoms with Crippen LogP contribution in [0.3, 0.4) is 0 Å². The fourth-order valence-corrected chi connectivity index (χ4v) is 4.10. The molecule has 1 atom stereocenters. The Morgan fingerprint density at radius 2 is 1.89 bits per heavy atom. The topological polar surface area (TPSA) is 0 Å². The number of halogens is 1. The van der Waals surface area contributed by atoms with Crippen molar-refractivity contribution in [2.45, 2.75) is 63.6 Å². The van der Waals surface area contributed by atoms with E-state index in [2.05, 4.69) is 48.0 Å². The Morgan fingerprint density at radius 1 is 1.17 bits per heavy atom. The Hall–Kier alpha value is -0.300. The van der Waals surface area contributed by atoms with E-state index in [9.17, 15) is 0 Å². The summed E-state index contributed by atoms with van der Waals surface area (Å²) in [5.74, 6) is 0.948. The monoisotopic (exact) mass is 308 g/mol. The first-order valence-corrected chi connectivity index (χ1v) is 8.41. The molecule has 0 aliphatic heterocycles. The summed E-state index contributed by atoms with van der Waals surface area (Å²) >= 11 is 3.95. The number of benzene rings is 1. The van der Waals surface area contributed by atoms with Crippen LogP contribution in [0.1, 0.15) is 67.5 Å². The van der Waals surface area contributed by atoms with E-state index in [0.29, 0.717) is 4.83 Å². The Balaban J connectivity index is 2.13. The van der Waals surface area contributed by atoms with Gasteiger partial charge in [0.15, 0.2) is 0 Å². The van der Waals surface area contributed by atoms with Crippen molar-refractivity contribution in [1.29, 1.82) is 0 Å². The minimum absolute atomic E-state index is 0.557. The number of hydrogen-bond acceptors (Lipinski definition) is 0. The van der Waals surface area contributed by atoms with Crippen LogP contribution in [0, 0.1) is 5.92 Å². The fraction of sp³-hybridized carbons (Fsp3) is 0.647. The van der Waals surface area contributed by atoms with Crippen molar-refractivity contribution in [3.8, 4) is 0 Å². The van der Waals surface area contributed by atoms with E-state index in [1.54, 1.807) is 5.56 Å². The molecule has 1 aromatic carbocycles. The molecule has 0 bridgehead atoms. The molecule has 1 heteroatoms. The molecule has 0 amide bonds. The van der Waals surface area contributed by atoms with Gasteiger partial charge in [-0.1, -0.05) is 73.7 Å². The molecule has 1 unspecified atom stereocenters. The molecule has 1 aliphatic rings. The van der Waals surface area contributed by atoms with Gasteiger partial charge in [-0.15, -0.1) is 0 Å². The molecule has 1 saturated carbocycles. The smallest absolute Gasteiger partial charge is 0.0400 e. The van der Waals surface area contributed by atoms with E-state index in [1.807, 2.05) is 0 Å². The molecule has 0 spiro atoms. The van der Waals surface area contributed by atoms with Crippen LogP contribution in [0.15, 0.2) is 18.2 Å². The molecular formula is C17H25Br. The Bertz CT molecular complexity index is 377. The lowest BCUT2D eigenvalue weighted by molar-refractivity contribution is 0.501.